The van der Waals surface area contributed by atoms with E-state index in [0.29, 0.717) is 46.2 Å². The van der Waals surface area contributed by atoms with Crippen LogP contribution in [0.4, 0.5) is 10.2 Å². The number of anilines is 1. The fourth-order valence-corrected chi connectivity index (χ4v) is 4.09. The van der Waals surface area contributed by atoms with Crippen molar-refractivity contribution in [2.75, 3.05) is 26.1 Å². The van der Waals surface area contributed by atoms with Crippen molar-refractivity contribution in [1.29, 1.82) is 0 Å². The lowest BCUT2D eigenvalue weighted by molar-refractivity contribution is 0.101. The van der Waals surface area contributed by atoms with Crippen LogP contribution in [-0.2, 0) is 6.61 Å². The molecule has 5 rings (SSSR count). The van der Waals surface area contributed by atoms with Gasteiger partial charge in [0.1, 0.15) is 23.1 Å². The van der Waals surface area contributed by atoms with Crippen LogP contribution in [0.5, 0.6) is 28.7 Å². The van der Waals surface area contributed by atoms with Gasteiger partial charge >= 0.3 is 0 Å². The Bertz CT molecular complexity index is 1710. The molecule has 41 heavy (non-hydrogen) atoms. The van der Waals surface area contributed by atoms with Gasteiger partial charge in [0.25, 0.3) is 5.91 Å². The van der Waals surface area contributed by atoms with E-state index in [1.54, 1.807) is 57.7 Å². The van der Waals surface area contributed by atoms with Crippen molar-refractivity contribution in [1.82, 2.24) is 19.7 Å². The number of aliphatic hydroxyl groups is 1. The highest BCUT2D eigenvalue weighted by Crippen LogP contribution is 2.36. The third-order valence-corrected chi connectivity index (χ3v) is 6.07. The molecule has 0 bridgehead atoms. The van der Waals surface area contributed by atoms with Crippen LogP contribution in [-0.4, -0.2) is 51.6 Å². The first kappa shape index (κ1) is 27.3. The van der Waals surface area contributed by atoms with Crippen LogP contribution in [0.2, 0.25) is 0 Å². The highest BCUT2D eigenvalue weighted by molar-refractivity contribution is 6.04. The molecule has 210 valence electrons. The molecule has 5 aromatic rings. The van der Waals surface area contributed by atoms with Gasteiger partial charge in [-0.3, -0.25) is 9.78 Å². The maximum absolute atomic E-state index is 13.8. The number of hydrogen-bond acceptors (Lipinski definition) is 9. The standard InChI is InChI=1S/C29H26FN5O6/c1-4-40-26-15-35(18-5-7-21(30)17(11-18)16-36)34-28(26)29(37)33-27-8-6-19(14-32-27)41-23-9-10-31-22-13-25(39-3)24(38-2)12-20(22)23/h5-15,36H,4,16H2,1-3H3,(H,32,33,37). The summed E-state index contributed by atoms with van der Waals surface area (Å²) in [6.45, 7) is 1.60. The van der Waals surface area contributed by atoms with Gasteiger partial charge in [-0.1, -0.05) is 0 Å². The fraction of sp³-hybridized carbons (Fsp3) is 0.172. The maximum atomic E-state index is 13.8. The molecule has 2 aromatic carbocycles. The molecule has 0 aliphatic carbocycles. The summed E-state index contributed by atoms with van der Waals surface area (Å²) >= 11 is 0. The van der Waals surface area contributed by atoms with Crippen LogP contribution in [0.1, 0.15) is 23.0 Å². The Labute approximate surface area is 234 Å². The Balaban J connectivity index is 1.35. The first-order valence-electron chi connectivity index (χ1n) is 12.5. The van der Waals surface area contributed by atoms with Gasteiger partial charge in [0.15, 0.2) is 22.9 Å². The summed E-state index contributed by atoms with van der Waals surface area (Å²) in [5.74, 6) is 1.45. The third kappa shape index (κ3) is 5.72. The second-order valence-corrected chi connectivity index (χ2v) is 8.62. The molecule has 1 amide bonds. The average molecular weight is 560 g/mol. The van der Waals surface area contributed by atoms with Crippen molar-refractivity contribution in [2.45, 2.75) is 13.5 Å². The Hall–Kier alpha value is -5.23. The predicted octanol–water partition coefficient (Wildman–Crippen LogP) is 4.91. The quantitative estimate of drug-likeness (QED) is 0.245. The molecule has 11 nitrogen and oxygen atoms in total. The molecule has 12 heteroatoms. The summed E-state index contributed by atoms with van der Waals surface area (Å²) in [4.78, 5) is 21.8. The normalized spacial score (nSPS) is 10.9. The fourth-order valence-electron chi connectivity index (χ4n) is 4.09. The number of aromatic nitrogens is 4. The smallest absolute Gasteiger partial charge is 0.281 e. The summed E-state index contributed by atoms with van der Waals surface area (Å²) in [7, 11) is 3.10. The van der Waals surface area contributed by atoms with Crippen LogP contribution in [0.25, 0.3) is 16.6 Å². The summed E-state index contributed by atoms with van der Waals surface area (Å²) in [6, 6.07) is 12.7. The van der Waals surface area contributed by atoms with Gasteiger partial charge in [0.2, 0.25) is 0 Å². The predicted molar refractivity (Wildman–Crippen MR) is 148 cm³/mol. The van der Waals surface area contributed by atoms with E-state index in [2.05, 4.69) is 20.4 Å². The van der Waals surface area contributed by atoms with Crippen LogP contribution < -0.4 is 24.3 Å². The Morgan fingerprint density at radius 2 is 1.80 bits per heavy atom. The van der Waals surface area contributed by atoms with Gasteiger partial charge < -0.3 is 29.4 Å². The van der Waals surface area contributed by atoms with Crippen LogP contribution >= 0.6 is 0 Å². The van der Waals surface area contributed by atoms with Gasteiger partial charge in [-0.15, -0.1) is 0 Å². The molecule has 0 spiro atoms. The molecule has 0 saturated heterocycles. The van der Waals surface area contributed by atoms with Gasteiger partial charge in [0, 0.05) is 23.2 Å². The number of ether oxygens (including phenoxy) is 4. The number of aliphatic hydroxyl groups excluding tert-OH is 1. The molecular formula is C29H26FN5O6. The first-order valence-corrected chi connectivity index (χ1v) is 12.5. The minimum absolute atomic E-state index is 0.0106. The number of fused-ring (bicyclic) bond motifs is 1. The number of methoxy groups -OCH3 is 2. The van der Waals surface area contributed by atoms with E-state index in [1.807, 2.05) is 0 Å². The van der Waals surface area contributed by atoms with Crippen molar-refractivity contribution in [3.05, 3.63) is 84.2 Å². The molecule has 3 heterocycles. The van der Waals surface area contributed by atoms with Crippen LogP contribution in [0, 0.1) is 5.82 Å². The molecule has 0 radical (unpaired) electrons. The number of nitrogens with zero attached hydrogens (tertiary/aromatic N) is 4. The molecule has 0 fully saturated rings. The Morgan fingerprint density at radius 3 is 2.51 bits per heavy atom. The molecule has 3 aromatic heterocycles. The largest absolute Gasteiger partial charge is 0.493 e. The number of hydrogen-bond donors (Lipinski definition) is 2. The lowest BCUT2D eigenvalue weighted by Crippen LogP contribution is -2.15. The van der Waals surface area contributed by atoms with Crippen LogP contribution in [0.3, 0.4) is 0 Å². The lowest BCUT2D eigenvalue weighted by Gasteiger charge is -2.12. The zero-order valence-corrected chi connectivity index (χ0v) is 22.4. The summed E-state index contributed by atoms with van der Waals surface area (Å²) in [5.41, 5.74) is 1.23. The Morgan fingerprint density at radius 1 is 1.00 bits per heavy atom. The van der Waals surface area contributed by atoms with E-state index < -0.39 is 18.3 Å². The van der Waals surface area contributed by atoms with E-state index in [0.717, 1.165) is 0 Å². The Kier molecular flexibility index (Phi) is 7.92. The second kappa shape index (κ2) is 11.9. The molecular weight excluding hydrogens is 533 g/mol. The van der Waals surface area contributed by atoms with E-state index in [-0.39, 0.29) is 22.8 Å². The second-order valence-electron chi connectivity index (χ2n) is 8.62. The third-order valence-electron chi connectivity index (χ3n) is 6.07. The summed E-state index contributed by atoms with van der Waals surface area (Å²) in [5, 5.41) is 17.1. The van der Waals surface area contributed by atoms with E-state index in [1.165, 1.54) is 35.3 Å². The molecule has 0 saturated carbocycles. The molecule has 2 N–H and O–H groups in total. The number of carbonyl (C=O) groups is 1. The molecule has 0 aliphatic heterocycles. The number of rotatable bonds is 10. The molecule has 0 unspecified atom stereocenters. The zero-order valence-electron chi connectivity index (χ0n) is 22.4. The number of benzene rings is 2. The van der Waals surface area contributed by atoms with E-state index in [4.69, 9.17) is 18.9 Å². The monoisotopic (exact) mass is 559 g/mol. The molecule has 0 atom stereocenters. The molecule has 0 aliphatic rings. The minimum atomic E-state index is -0.556. The zero-order chi connectivity index (χ0) is 28.9. The topological polar surface area (TPSA) is 130 Å². The number of carbonyl (C=O) groups excluding carboxylic acids is 1. The summed E-state index contributed by atoms with van der Waals surface area (Å²) < 4.78 is 37.6. The highest BCUT2D eigenvalue weighted by Gasteiger charge is 2.20. The average Bonchev–Trinajstić information content (AvgIpc) is 3.42. The van der Waals surface area contributed by atoms with E-state index in [9.17, 15) is 14.3 Å². The van der Waals surface area contributed by atoms with Gasteiger partial charge in [-0.25, -0.2) is 14.1 Å². The lowest BCUT2D eigenvalue weighted by atomic mass is 10.2. The van der Waals surface area contributed by atoms with E-state index >= 15 is 0 Å². The number of halogens is 1. The van der Waals surface area contributed by atoms with Crippen molar-refractivity contribution in [3.8, 4) is 34.4 Å². The summed E-state index contributed by atoms with van der Waals surface area (Å²) in [6.07, 6.45) is 4.61. The number of nitrogens with one attached hydrogen (secondary N) is 1. The van der Waals surface area contributed by atoms with Crippen molar-refractivity contribution >= 4 is 22.6 Å². The number of amides is 1. The van der Waals surface area contributed by atoms with Crippen molar-refractivity contribution < 1.29 is 33.2 Å². The first-order chi connectivity index (χ1) is 19.9. The van der Waals surface area contributed by atoms with Gasteiger partial charge in [0.05, 0.1) is 51.0 Å². The number of pyridine rings is 2. The van der Waals surface area contributed by atoms with Crippen molar-refractivity contribution in [3.63, 3.8) is 0 Å². The van der Waals surface area contributed by atoms with Gasteiger partial charge in [-0.2, -0.15) is 5.10 Å². The van der Waals surface area contributed by atoms with Gasteiger partial charge in [-0.05, 0) is 49.4 Å². The van der Waals surface area contributed by atoms with Crippen LogP contribution in [0.15, 0.2) is 67.1 Å². The van der Waals surface area contributed by atoms with Crippen molar-refractivity contribution in [2.24, 2.45) is 0 Å². The maximum Gasteiger partial charge on any atom is 0.281 e. The highest BCUT2D eigenvalue weighted by atomic mass is 19.1. The SMILES string of the molecule is CCOc1cn(-c2ccc(F)c(CO)c2)nc1C(=O)Nc1ccc(Oc2ccnc3cc(OC)c(OC)cc23)cn1. The minimum Gasteiger partial charge on any atom is -0.493 e.